The van der Waals surface area contributed by atoms with Gasteiger partial charge in [-0.2, -0.15) is 0 Å². The summed E-state index contributed by atoms with van der Waals surface area (Å²) in [5.41, 5.74) is 1.04. The molecule has 4 rings (SSSR count). The summed E-state index contributed by atoms with van der Waals surface area (Å²) in [5, 5.41) is 4.36. The van der Waals surface area contributed by atoms with E-state index in [9.17, 15) is 0 Å². The Kier molecular flexibility index (Phi) is 5.66. The van der Waals surface area contributed by atoms with Gasteiger partial charge in [0.25, 0.3) is 0 Å². The third kappa shape index (κ3) is 4.50. The largest absolute Gasteiger partial charge is 0.453 e. The molecule has 2 saturated heterocycles. The van der Waals surface area contributed by atoms with E-state index in [1.54, 1.807) is 11.8 Å². The van der Waals surface area contributed by atoms with Crippen LogP contribution >= 0.6 is 11.8 Å². The van der Waals surface area contributed by atoms with E-state index >= 15 is 0 Å². The Bertz CT molecular complexity index is 708. The second-order valence-corrected chi connectivity index (χ2v) is 8.19. The maximum Gasteiger partial charge on any atom is 0.165 e. The number of morpholine rings is 1. The van der Waals surface area contributed by atoms with Gasteiger partial charge in [-0.05, 0) is 31.2 Å². The second-order valence-electron chi connectivity index (χ2n) is 7.11. The fourth-order valence-electron chi connectivity index (χ4n) is 3.46. The van der Waals surface area contributed by atoms with Crippen LogP contribution in [0.25, 0.3) is 0 Å². The lowest BCUT2D eigenvalue weighted by Gasteiger charge is -2.41. The van der Waals surface area contributed by atoms with Crippen molar-refractivity contribution in [3.8, 4) is 0 Å². The second kappa shape index (κ2) is 8.15. The van der Waals surface area contributed by atoms with Crippen LogP contribution in [0.4, 0.5) is 0 Å². The van der Waals surface area contributed by atoms with Crippen molar-refractivity contribution in [2.24, 2.45) is 0 Å². The Hall–Kier alpha value is -1.31. The molecule has 1 spiro atoms. The Morgan fingerprint density at radius 2 is 2.04 bits per heavy atom. The lowest BCUT2D eigenvalue weighted by Crippen LogP contribution is -2.57. The third-order valence-corrected chi connectivity index (χ3v) is 5.75. The zero-order valence-corrected chi connectivity index (χ0v) is 16.0. The van der Waals surface area contributed by atoms with Crippen molar-refractivity contribution >= 4 is 11.8 Å². The molecule has 1 N–H and O–H groups in total. The molecule has 5 nitrogen and oxygen atoms in total. The van der Waals surface area contributed by atoms with Crippen molar-refractivity contribution in [2.45, 2.75) is 29.1 Å². The Labute approximate surface area is 159 Å². The van der Waals surface area contributed by atoms with Crippen molar-refractivity contribution in [1.82, 2.24) is 10.2 Å². The van der Waals surface area contributed by atoms with E-state index in [4.69, 9.17) is 13.9 Å². The normalized spacial score (nSPS) is 24.7. The minimum Gasteiger partial charge on any atom is -0.453 e. The van der Waals surface area contributed by atoms with Crippen LogP contribution in [-0.2, 0) is 16.0 Å². The maximum atomic E-state index is 6.08. The summed E-state index contributed by atoms with van der Waals surface area (Å²) < 4.78 is 17.9. The fourth-order valence-corrected chi connectivity index (χ4v) is 4.25. The van der Waals surface area contributed by atoms with Gasteiger partial charge in [0.2, 0.25) is 0 Å². The highest BCUT2D eigenvalue weighted by Gasteiger charge is 2.38. The molecule has 1 atom stereocenters. The topological polar surface area (TPSA) is 46.9 Å². The van der Waals surface area contributed by atoms with Gasteiger partial charge in [0, 0.05) is 31.1 Å². The summed E-state index contributed by atoms with van der Waals surface area (Å²) in [6.07, 6.45) is 0. The van der Waals surface area contributed by atoms with E-state index in [0.29, 0.717) is 6.61 Å². The van der Waals surface area contributed by atoms with Crippen molar-refractivity contribution in [3.63, 3.8) is 0 Å². The minimum atomic E-state index is -0.235. The molecular weight excluding hydrogens is 348 g/mol. The molecular formula is C20H26N2O3S. The van der Waals surface area contributed by atoms with Gasteiger partial charge < -0.3 is 19.2 Å². The van der Waals surface area contributed by atoms with Crippen molar-refractivity contribution in [1.29, 1.82) is 0 Å². The van der Waals surface area contributed by atoms with Crippen molar-refractivity contribution in [3.05, 3.63) is 47.7 Å². The summed E-state index contributed by atoms with van der Waals surface area (Å²) >= 11 is 1.66. The smallest absolute Gasteiger partial charge is 0.165 e. The van der Waals surface area contributed by atoms with Gasteiger partial charge in [-0.15, -0.1) is 0 Å². The minimum absolute atomic E-state index is 0.235. The quantitative estimate of drug-likeness (QED) is 0.888. The number of nitrogens with one attached hydrogen (secondary N) is 1. The number of rotatable bonds is 4. The third-order valence-electron chi connectivity index (χ3n) is 4.82. The first-order valence-electron chi connectivity index (χ1n) is 9.19. The highest BCUT2D eigenvalue weighted by Crippen LogP contribution is 2.30. The summed E-state index contributed by atoms with van der Waals surface area (Å²) in [5.74, 6) is 0.999. The number of aryl methyl sites for hydroxylation is 1. The van der Waals surface area contributed by atoms with E-state index in [1.807, 2.05) is 0 Å². The van der Waals surface area contributed by atoms with Crippen LogP contribution < -0.4 is 5.32 Å². The predicted octanol–water partition coefficient (Wildman–Crippen LogP) is 2.93. The molecule has 26 heavy (non-hydrogen) atoms. The van der Waals surface area contributed by atoms with Gasteiger partial charge in [0.05, 0.1) is 26.4 Å². The average molecular weight is 375 g/mol. The first kappa shape index (κ1) is 18.1. The molecule has 2 fully saturated rings. The molecule has 0 amide bonds. The van der Waals surface area contributed by atoms with E-state index < -0.39 is 0 Å². The van der Waals surface area contributed by atoms with Gasteiger partial charge in [0.1, 0.15) is 11.4 Å². The van der Waals surface area contributed by atoms with Crippen LogP contribution in [0.3, 0.4) is 0 Å². The van der Waals surface area contributed by atoms with E-state index in [2.05, 4.69) is 53.5 Å². The summed E-state index contributed by atoms with van der Waals surface area (Å²) in [7, 11) is 0. The number of benzene rings is 1. The standard InChI is InChI=1S/C20H26N2O3S/c1-16-2-5-18(6-3-16)26-19-7-4-17(25-19)12-22-9-11-24-20(14-22)13-21-8-10-23-15-20/h2-7,21H,8-15H2,1H3/t20-/m1/s1. The van der Waals surface area contributed by atoms with Crippen molar-refractivity contribution in [2.75, 3.05) is 46.0 Å². The summed E-state index contributed by atoms with van der Waals surface area (Å²) in [6.45, 7) is 8.56. The number of nitrogens with zero attached hydrogens (tertiary/aromatic N) is 1. The van der Waals surface area contributed by atoms with E-state index in [0.717, 1.165) is 56.8 Å². The first-order valence-corrected chi connectivity index (χ1v) is 10.0. The molecule has 0 bridgehead atoms. The molecule has 0 saturated carbocycles. The van der Waals surface area contributed by atoms with Crippen LogP contribution in [0.5, 0.6) is 0 Å². The number of hydrogen-bond acceptors (Lipinski definition) is 6. The van der Waals surface area contributed by atoms with Gasteiger partial charge in [-0.1, -0.05) is 29.5 Å². The first-order chi connectivity index (χ1) is 12.7. The number of hydrogen-bond donors (Lipinski definition) is 1. The molecule has 0 unspecified atom stereocenters. The summed E-state index contributed by atoms with van der Waals surface area (Å²) in [6, 6.07) is 12.7. The highest BCUT2D eigenvalue weighted by atomic mass is 32.2. The van der Waals surface area contributed by atoms with Gasteiger partial charge in [-0.3, -0.25) is 4.90 Å². The Balaban J connectivity index is 1.36. The molecule has 0 radical (unpaired) electrons. The molecule has 2 aliphatic rings. The molecule has 3 heterocycles. The van der Waals surface area contributed by atoms with Crippen LogP contribution in [0.1, 0.15) is 11.3 Å². The number of furan rings is 1. The SMILES string of the molecule is Cc1ccc(Sc2ccc(CN3CCO[C@]4(CNCCOC4)C3)o2)cc1. The average Bonchev–Trinajstić information content (AvgIpc) is 2.95. The molecule has 140 valence electrons. The monoisotopic (exact) mass is 374 g/mol. The molecule has 6 heteroatoms. The molecule has 0 aliphatic carbocycles. The molecule has 2 aliphatic heterocycles. The maximum absolute atomic E-state index is 6.08. The van der Waals surface area contributed by atoms with Crippen LogP contribution in [-0.4, -0.2) is 56.5 Å². The van der Waals surface area contributed by atoms with E-state index in [1.165, 1.54) is 10.5 Å². The van der Waals surface area contributed by atoms with Crippen molar-refractivity contribution < 1.29 is 13.9 Å². The van der Waals surface area contributed by atoms with Gasteiger partial charge >= 0.3 is 0 Å². The lowest BCUT2D eigenvalue weighted by molar-refractivity contribution is -0.136. The van der Waals surface area contributed by atoms with Crippen LogP contribution in [0.2, 0.25) is 0 Å². The fraction of sp³-hybridized carbons (Fsp3) is 0.500. The Morgan fingerprint density at radius 3 is 2.92 bits per heavy atom. The van der Waals surface area contributed by atoms with Crippen LogP contribution in [0, 0.1) is 6.92 Å². The molecule has 2 aromatic rings. The number of ether oxygens (including phenoxy) is 2. The zero-order chi connectivity index (χ0) is 17.8. The van der Waals surface area contributed by atoms with Gasteiger partial charge in [0.15, 0.2) is 5.09 Å². The summed E-state index contributed by atoms with van der Waals surface area (Å²) in [4.78, 5) is 3.60. The highest BCUT2D eigenvalue weighted by molar-refractivity contribution is 7.99. The van der Waals surface area contributed by atoms with Crippen LogP contribution in [0.15, 0.2) is 50.8 Å². The van der Waals surface area contributed by atoms with E-state index in [-0.39, 0.29) is 5.60 Å². The van der Waals surface area contributed by atoms with Gasteiger partial charge in [-0.25, -0.2) is 0 Å². The lowest BCUT2D eigenvalue weighted by atomic mass is 10.0. The zero-order valence-electron chi connectivity index (χ0n) is 15.2. The Morgan fingerprint density at radius 1 is 1.15 bits per heavy atom. The molecule has 1 aromatic heterocycles. The predicted molar refractivity (Wildman–Crippen MR) is 102 cm³/mol. The molecule has 1 aromatic carbocycles.